The van der Waals surface area contributed by atoms with E-state index in [9.17, 15) is 18.0 Å². The molecule has 1 saturated heterocycles. The number of hydrogen-bond donors (Lipinski definition) is 1. The summed E-state index contributed by atoms with van der Waals surface area (Å²) in [6, 6.07) is 13.6. The number of ether oxygens (including phenoxy) is 2. The van der Waals surface area contributed by atoms with Gasteiger partial charge in [0.2, 0.25) is 6.10 Å². The first-order valence-corrected chi connectivity index (χ1v) is 10.3. The number of rotatable bonds is 6. The second-order valence-corrected chi connectivity index (χ2v) is 7.88. The minimum absolute atomic E-state index is 0. The fourth-order valence-electron chi connectivity index (χ4n) is 3.64. The molecule has 1 fully saturated rings. The lowest BCUT2D eigenvalue weighted by Gasteiger charge is -2.35. The van der Waals surface area contributed by atoms with Crippen molar-refractivity contribution >= 4 is 35.8 Å². The fraction of sp³-hybridized carbons (Fsp3) is 0.409. The van der Waals surface area contributed by atoms with E-state index in [-0.39, 0.29) is 18.3 Å². The summed E-state index contributed by atoms with van der Waals surface area (Å²) in [5.74, 6) is 0.797. The van der Waals surface area contributed by atoms with Gasteiger partial charge in [0.25, 0.3) is 0 Å². The predicted molar refractivity (Wildman–Crippen MR) is 120 cm³/mol. The molecule has 2 aromatic rings. The minimum atomic E-state index is -4.68. The normalized spacial score (nSPS) is 17.7. The molecule has 0 bridgehead atoms. The number of methoxy groups -OCH3 is 1. The van der Waals surface area contributed by atoms with Crippen molar-refractivity contribution in [2.45, 2.75) is 31.0 Å². The van der Waals surface area contributed by atoms with Gasteiger partial charge in [0.15, 0.2) is 0 Å². The van der Waals surface area contributed by atoms with Crippen molar-refractivity contribution < 1.29 is 27.4 Å². The molecule has 2 atom stereocenters. The number of nitrogens with one attached hydrogen (secondary N) is 1. The van der Waals surface area contributed by atoms with Crippen molar-refractivity contribution in [3.63, 3.8) is 0 Å². The molecule has 1 amide bonds. The molecule has 1 aliphatic heterocycles. The van der Waals surface area contributed by atoms with Gasteiger partial charge in [-0.15, -0.1) is 12.4 Å². The molecule has 176 valence electrons. The number of benzene rings is 2. The standard InChI is InChI=1S/C22H24ClF3N2O3.ClH/c1-30-19-6-2-4-15(12-19)16-5-3-11-28(13-16)14-20(22(24,25)26)31-21(29)27-18-9-7-17(23)8-10-18;/h2,4,6-10,12,16,20H,3,5,11,13-14H2,1H3,(H,27,29);1H/t16-,20-;/m0./s1. The molecule has 3 rings (SSSR count). The number of hydrogen-bond acceptors (Lipinski definition) is 4. The van der Waals surface area contributed by atoms with Crippen LogP contribution in [0.25, 0.3) is 0 Å². The molecule has 32 heavy (non-hydrogen) atoms. The van der Waals surface area contributed by atoms with Crippen LogP contribution in [-0.4, -0.2) is 50.0 Å². The van der Waals surface area contributed by atoms with Crippen molar-refractivity contribution in [2.75, 3.05) is 32.1 Å². The lowest BCUT2D eigenvalue weighted by Crippen LogP contribution is -2.47. The van der Waals surface area contributed by atoms with Crippen LogP contribution < -0.4 is 10.1 Å². The number of amides is 1. The Bertz CT molecular complexity index is 881. The lowest BCUT2D eigenvalue weighted by molar-refractivity contribution is -0.207. The summed E-state index contributed by atoms with van der Waals surface area (Å²) >= 11 is 5.77. The smallest absolute Gasteiger partial charge is 0.426 e. The quantitative estimate of drug-likeness (QED) is 0.526. The van der Waals surface area contributed by atoms with E-state index in [1.165, 1.54) is 24.3 Å². The van der Waals surface area contributed by atoms with Gasteiger partial charge in [-0.1, -0.05) is 23.7 Å². The molecule has 0 unspecified atom stereocenters. The van der Waals surface area contributed by atoms with Crippen LogP contribution >= 0.6 is 24.0 Å². The zero-order valence-electron chi connectivity index (χ0n) is 17.4. The Morgan fingerprint density at radius 3 is 2.62 bits per heavy atom. The van der Waals surface area contributed by atoms with Crippen LogP contribution in [0.5, 0.6) is 5.75 Å². The maximum absolute atomic E-state index is 13.6. The maximum atomic E-state index is 13.6. The largest absolute Gasteiger partial charge is 0.497 e. The topological polar surface area (TPSA) is 50.8 Å². The molecule has 1 aliphatic rings. The molecule has 5 nitrogen and oxygen atoms in total. The summed E-state index contributed by atoms with van der Waals surface area (Å²) in [5.41, 5.74) is 1.32. The monoisotopic (exact) mass is 492 g/mol. The van der Waals surface area contributed by atoms with Gasteiger partial charge >= 0.3 is 12.3 Å². The third kappa shape index (κ3) is 7.46. The van der Waals surface area contributed by atoms with Gasteiger partial charge in [-0.3, -0.25) is 10.2 Å². The van der Waals surface area contributed by atoms with E-state index >= 15 is 0 Å². The van der Waals surface area contributed by atoms with Crippen LogP contribution in [0.1, 0.15) is 24.3 Å². The molecule has 10 heteroatoms. The van der Waals surface area contributed by atoms with Crippen LogP contribution in [0.4, 0.5) is 23.7 Å². The molecular weight excluding hydrogens is 468 g/mol. The molecule has 1 N–H and O–H groups in total. The van der Waals surface area contributed by atoms with Crippen LogP contribution in [0, 0.1) is 0 Å². The zero-order chi connectivity index (χ0) is 22.4. The molecule has 2 aromatic carbocycles. The lowest BCUT2D eigenvalue weighted by atomic mass is 9.90. The number of carbonyl (C=O) groups excluding carboxylic acids is 1. The SMILES string of the molecule is COc1cccc([C@H]2CCCN(C[C@H](OC(=O)Nc3ccc(Cl)cc3)C(F)(F)F)C2)c1.Cl. The first-order valence-electron chi connectivity index (χ1n) is 9.91. The van der Waals surface area contributed by atoms with Crippen molar-refractivity contribution in [3.8, 4) is 5.75 Å². The van der Waals surface area contributed by atoms with Gasteiger partial charge in [0.1, 0.15) is 5.75 Å². The van der Waals surface area contributed by atoms with E-state index in [0.717, 1.165) is 18.4 Å². The Labute approximate surface area is 196 Å². The predicted octanol–water partition coefficient (Wildman–Crippen LogP) is 6.13. The average molecular weight is 493 g/mol. The van der Waals surface area contributed by atoms with Gasteiger partial charge in [0, 0.05) is 23.8 Å². The van der Waals surface area contributed by atoms with Crippen molar-refractivity contribution in [2.24, 2.45) is 0 Å². The first kappa shape index (κ1) is 26.1. The Balaban J connectivity index is 0.00000363. The Morgan fingerprint density at radius 2 is 1.97 bits per heavy atom. The average Bonchev–Trinajstić information content (AvgIpc) is 2.74. The summed E-state index contributed by atoms with van der Waals surface area (Å²) in [6.45, 7) is 0.537. The van der Waals surface area contributed by atoms with E-state index in [0.29, 0.717) is 29.5 Å². The molecule has 0 radical (unpaired) electrons. The number of halogens is 5. The second-order valence-electron chi connectivity index (χ2n) is 7.44. The minimum Gasteiger partial charge on any atom is -0.497 e. The van der Waals surface area contributed by atoms with Crippen LogP contribution in [0.3, 0.4) is 0 Å². The summed E-state index contributed by atoms with van der Waals surface area (Å²) in [6.07, 6.45) is -6.45. The first-order chi connectivity index (χ1) is 14.7. The number of piperidine rings is 1. The number of carbonyl (C=O) groups is 1. The number of anilines is 1. The van der Waals surface area contributed by atoms with E-state index in [4.69, 9.17) is 21.1 Å². The highest BCUT2D eigenvalue weighted by atomic mass is 35.5. The summed E-state index contributed by atoms with van der Waals surface area (Å²) in [7, 11) is 1.58. The fourth-order valence-corrected chi connectivity index (χ4v) is 3.77. The van der Waals surface area contributed by atoms with Gasteiger partial charge < -0.3 is 9.47 Å². The van der Waals surface area contributed by atoms with E-state index in [2.05, 4.69) is 5.32 Å². The van der Waals surface area contributed by atoms with Gasteiger partial charge in [-0.2, -0.15) is 13.2 Å². The molecule has 1 heterocycles. The van der Waals surface area contributed by atoms with Gasteiger partial charge in [0.05, 0.1) is 7.11 Å². The number of likely N-dealkylation sites (tertiary alicyclic amines) is 1. The Morgan fingerprint density at radius 1 is 1.25 bits per heavy atom. The summed E-state index contributed by atoms with van der Waals surface area (Å²) < 4.78 is 50.7. The van der Waals surface area contributed by atoms with Gasteiger partial charge in [-0.25, -0.2) is 4.79 Å². The van der Waals surface area contributed by atoms with Crippen LogP contribution in [0.15, 0.2) is 48.5 Å². The van der Waals surface area contributed by atoms with Crippen LogP contribution in [0.2, 0.25) is 5.02 Å². The van der Waals surface area contributed by atoms with Crippen LogP contribution in [-0.2, 0) is 4.74 Å². The van der Waals surface area contributed by atoms with E-state index < -0.39 is 24.9 Å². The molecule has 0 aromatic heterocycles. The number of nitrogens with zero attached hydrogens (tertiary/aromatic N) is 1. The third-order valence-corrected chi connectivity index (χ3v) is 5.45. The third-order valence-electron chi connectivity index (χ3n) is 5.20. The Hall–Kier alpha value is -2.16. The zero-order valence-corrected chi connectivity index (χ0v) is 19.0. The summed E-state index contributed by atoms with van der Waals surface area (Å²) in [4.78, 5) is 13.7. The highest BCUT2D eigenvalue weighted by Gasteiger charge is 2.44. The number of alkyl halides is 3. The van der Waals surface area contributed by atoms with E-state index in [1.54, 1.807) is 12.0 Å². The second kappa shape index (κ2) is 11.6. The molecule has 0 saturated carbocycles. The van der Waals surface area contributed by atoms with Crippen molar-refractivity contribution in [1.29, 1.82) is 0 Å². The summed E-state index contributed by atoms with van der Waals surface area (Å²) in [5, 5.41) is 2.75. The van der Waals surface area contributed by atoms with Crippen molar-refractivity contribution in [3.05, 3.63) is 59.1 Å². The van der Waals surface area contributed by atoms with Crippen molar-refractivity contribution in [1.82, 2.24) is 4.90 Å². The molecular formula is C22H25Cl2F3N2O3. The van der Waals surface area contributed by atoms with Gasteiger partial charge in [-0.05, 0) is 67.3 Å². The molecule has 0 aliphatic carbocycles. The Kier molecular flexibility index (Phi) is 9.48. The maximum Gasteiger partial charge on any atom is 0.426 e. The molecule has 0 spiro atoms. The van der Waals surface area contributed by atoms with E-state index in [1.807, 2.05) is 24.3 Å². The highest BCUT2D eigenvalue weighted by Crippen LogP contribution is 2.31. The highest BCUT2D eigenvalue weighted by molar-refractivity contribution is 6.30.